The van der Waals surface area contributed by atoms with Crippen LogP contribution in [0.5, 0.6) is 0 Å². The van der Waals surface area contributed by atoms with Crippen molar-refractivity contribution >= 4 is 33.7 Å². The summed E-state index contributed by atoms with van der Waals surface area (Å²) < 4.78 is 31.0. The number of para-hydroxylation sites is 1. The number of anilines is 1. The lowest BCUT2D eigenvalue weighted by molar-refractivity contribution is -0.146. The number of sulfonamides is 1. The maximum atomic E-state index is 12.3. The molecule has 0 aliphatic carbocycles. The lowest BCUT2D eigenvalue weighted by Crippen LogP contribution is -2.35. The molecule has 2 aromatic rings. The lowest BCUT2D eigenvalue weighted by atomic mass is 10.2. The van der Waals surface area contributed by atoms with Crippen LogP contribution in [0.4, 0.5) is 5.69 Å². The summed E-state index contributed by atoms with van der Waals surface area (Å²) in [5, 5.41) is 0.983. The van der Waals surface area contributed by atoms with Crippen LogP contribution in [0.1, 0.15) is 16.7 Å². The molecule has 0 aromatic heterocycles. The van der Waals surface area contributed by atoms with Gasteiger partial charge >= 0.3 is 5.97 Å². The van der Waals surface area contributed by atoms with E-state index in [4.69, 9.17) is 4.74 Å². The highest BCUT2D eigenvalue weighted by atomic mass is 32.2. The van der Waals surface area contributed by atoms with Gasteiger partial charge in [-0.1, -0.05) is 48.0 Å². The first-order valence-corrected chi connectivity index (χ1v) is 10.7. The number of nitrogens with zero attached hydrogens (tertiary/aromatic N) is 1. The predicted octanol–water partition coefficient (Wildman–Crippen LogP) is 2.02. The first kappa shape index (κ1) is 20.8. The van der Waals surface area contributed by atoms with E-state index in [9.17, 15) is 18.0 Å². The van der Waals surface area contributed by atoms with E-state index in [2.05, 4.69) is 4.72 Å². The molecule has 29 heavy (non-hydrogen) atoms. The highest BCUT2D eigenvalue weighted by Crippen LogP contribution is 2.27. The summed E-state index contributed by atoms with van der Waals surface area (Å²) in [5.74, 6) is -1.16. The van der Waals surface area contributed by atoms with Crippen LogP contribution < -0.4 is 9.62 Å². The van der Waals surface area contributed by atoms with Crippen LogP contribution >= 0.6 is 0 Å². The molecular formula is C21H22N2O5S. The molecule has 0 saturated carbocycles. The molecule has 1 amide bonds. The summed E-state index contributed by atoms with van der Waals surface area (Å²) in [7, 11) is -3.81. The van der Waals surface area contributed by atoms with Gasteiger partial charge in [-0.2, -0.15) is 0 Å². The number of carbonyl (C=O) groups excluding carboxylic acids is 2. The number of benzene rings is 2. The van der Waals surface area contributed by atoms with Crippen molar-refractivity contribution in [2.75, 3.05) is 24.6 Å². The molecule has 2 aromatic carbocycles. The maximum absolute atomic E-state index is 12.3. The average molecular weight is 414 g/mol. The number of esters is 1. The third-order valence-corrected chi connectivity index (χ3v) is 5.52. The highest BCUT2D eigenvalue weighted by molar-refractivity contribution is 7.92. The van der Waals surface area contributed by atoms with Gasteiger partial charge in [0.2, 0.25) is 10.0 Å². The smallest absolute Gasteiger partial charge is 0.321 e. The standard InChI is InChI=1S/C21H22N2O5S/c1-16-6-8-17(9-7-16)11-13-29(26,27)22-14-21(25)28-15-20(24)23-12-10-18-4-2-3-5-19(18)23/h2-9,11,13,22H,10,12,14-15H2,1H3. The van der Waals surface area contributed by atoms with Crippen LogP contribution in [0, 0.1) is 6.92 Å². The number of carbonyl (C=O) groups is 2. The largest absolute Gasteiger partial charge is 0.455 e. The molecule has 0 radical (unpaired) electrons. The molecule has 0 unspecified atom stereocenters. The molecule has 3 rings (SSSR count). The van der Waals surface area contributed by atoms with Crippen LogP contribution in [-0.4, -0.2) is 40.0 Å². The number of fused-ring (bicyclic) bond motifs is 1. The first-order valence-electron chi connectivity index (χ1n) is 9.12. The molecule has 8 heteroatoms. The second kappa shape index (κ2) is 9.02. The molecule has 0 spiro atoms. The van der Waals surface area contributed by atoms with E-state index in [-0.39, 0.29) is 5.91 Å². The van der Waals surface area contributed by atoms with Gasteiger partial charge in [-0.05, 0) is 36.6 Å². The van der Waals surface area contributed by atoms with Gasteiger partial charge in [0.05, 0.1) is 0 Å². The summed E-state index contributed by atoms with van der Waals surface area (Å²) in [5.41, 5.74) is 3.67. The van der Waals surface area contributed by atoms with Gasteiger partial charge < -0.3 is 9.64 Å². The number of ether oxygens (including phenoxy) is 1. The number of rotatable bonds is 7. The van der Waals surface area contributed by atoms with Crippen molar-refractivity contribution in [3.8, 4) is 0 Å². The van der Waals surface area contributed by atoms with Gasteiger partial charge in [0.1, 0.15) is 6.54 Å². The van der Waals surface area contributed by atoms with Gasteiger partial charge in [0.15, 0.2) is 6.61 Å². The molecule has 152 valence electrons. The normalized spacial score (nSPS) is 13.5. The fourth-order valence-corrected chi connectivity index (χ4v) is 3.67. The Labute approximate surface area is 170 Å². The van der Waals surface area contributed by atoms with E-state index in [0.717, 1.165) is 34.2 Å². The zero-order valence-corrected chi connectivity index (χ0v) is 16.8. The molecule has 0 saturated heterocycles. The quantitative estimate of drug-likeness (QED) is 0.700. The van der Waals surface area contributed by atoms with Crippen LogP contribution in [0.15, 0.2) is 53.9 Å². The van der Waals surface area contributed by atoms with Crippen molar-refractivity contribution in [2.24, 2.45) is 0 Å². The summed E-state index contributed by atoms with van der Waals surface area (Å²) in [6.45, 7) is 1.48. The monoisotopic (exact) mass is 414 g/mol. The number of aryl methyl sites for hydroxylation is 1. The molecule has 1 N–H and O–H groups in total. The second-order valence-electron chi connectivity index (χ2n) is 6.66. The van der Waals surface area contributed by atoms with E-state index in [0.29, 0.717) is 6.54 Å². The van der Waals surface area contributed by atoms with E-state index in [1.54, 1.807) is 17.0 Å². The van der Waals surface area contributed by atoms with Crippen LogP contribution in [0.25, 0.3) is 6.08 Å². The average Bonchev–Trinajstić information content (AvgIpc) is 3.14. The summed E-state index contributed by atoms with van der Waals surface area (Å²) in [4.78, 5) is 25.7. The predicted molar refractivity (Wildman–Crippen MR) is 111 cm³/mol. The van der Waals surface area contributed by atoms with Gasteiger partial charge in [-0.25, -0.2) is 13.1 Å². The molecule has 0 atom stereocenters. The number of hydrogen-bond donors (Lipinski definition) is 1. The Morgan fingerprint density at radius 2 is 1.86 bits per heavy atom. The SMILES string of the molecule is Cc1ccc(C=CS(=O)(=O)NCC(=O)OCC(=O)N2CCc3ccccc32)cc1. The van der Waals surface area contributed by atoms with Crippen molar-refractivity contribution in [1.29, 1.82) is 0 Å². The molecule has 0 fully saturated rings. The first-order chi connectivity index (χ1) is 13.8. The van der Waals surface area contributed by atoms with Gasteiger partial charge in [-0.3, -0.25) is 9.59 Å². The van der Waals surface area contributed by atoms with Crippen molar-refractivity contribution in [3.63, 3.8) is 0 Å². The number of amides is 1. The minimum absolute atomic E-state index is 0.342. The molecular weight excluding hydrogens is 392 g/mol. The minimum Gasteiger partial charge on any atom is -0.455 e. The summed E-state index contributed by atoms with van der Waals surface area (Å²) >= 11 is 0. The van der Waals surface area contributed by atoms with E-state index in [1.807, 2.05) is 43.3 Å². The third kappa shape index (κ3) is 5.75. The Balaban J connectivity index is 1.46. The van der Waals surface area contributed by atoms with E-state index < -0.39 is 29.1 Å². The number of nitrogens with one attached hydrogen (secondary N) is 1. The molecule has 1 aliphatic heterocycles. The van der Waals surface area contributed by atoms with Crippen LogP contribution in [0.2, 0.25) is 0 Å². The van der Waals surface area contributed by atoms with Crippen molar-refractivity contribution in [2.45, 2.75) is 13.3 Å². The number of hydrogen-bond acceptors (Lipinski definition) is 5. The molecule has 0 bridgehead atoms. The van der Waals surface area contributed by atoms with E-state index >= 15 is 0 Å². The zero-order valence-electron chi connectivity index (χ0n) is 16.0. The lowest BCUT2D eigenvalue weighted by Gasteiger charge is -2.17. The second-order valence-corrected chi connectivity index (χ2v) is 8.32. The summed E-state index contributed by atoms with van der Waals surface area (Å²) in [6, 6.07) is 14.9. The summed E-state index contributed by atoms with van der Waals surface area (Å²) in [6.07, 6.45) is 2.18. The Morgan fingerprint density at radius 3 is 2.62 bits per heavy atom. The fourth-order valence-electron chi connectivity index (χ4n) is 2.92. The maximum Gasteiger partial charge on any atom is 0.321 e. The van der Waals surface area contributed by atoms with Crippen molar-refractivity contribution in [3.05, 3.63) is 70.6 Å². The fraction of sp³-hybridized carbons (Fsp3) is 0.238. The van der Waals surface area contributed by atoms with E-state index in [1.165, 1.54) is 6.08 Å². The van der Waals surface area contributed by atoms with Crippen LogP contribution in [-0.2, 0) is 30.8 Å². The van der Waals surface area contributed by atoms with Gasteiger partial charge in [0.25, 0.3) is 5.91 Å². The van der Waals surface area contributed by atoms with Crippen LogP contribution in [0.3, 0.4) is 0 Å². The Bertz CT molecular complexity index is 1030. The van der Waals surface area contributed by atoms with Gasteiger partial charge in [-0.15, -0.1) is 0 Å². The Morgan fingerprint density at radius 1 is 1.14 bits per heavy atom. The highest BCUT2D eigenvalue weighted by Gasteiger charge is 2.24. The Hall–Kier alpha value is -2.97. The van der Waals surface area contributed by atoms with Gasteiger partial charge in [0, 0.05) is 17.6 Å². The zero-order chi connectivity index (χ0) is 20.9. The molecule has 1 heterocycles. The third-order valence-electron chi connectivity index (χ3n) is 4.48. The van der Waals surface area contributed by atoms with Crippen molar-refractivity contribution in [1.82, 2.24) is 4.72 Å². The molecule has 1 aliphatic rings. The minimum atomic E-state index is -3.81. The Kier molecular flexibility index (Phi) is 6.46. The molecule has 7 nitrogen and oxygen atoms in total. The topological polar surface area (TPSA) is 92.8 Å². The van der Waals surface area contributed by atoms with Crippen molar-refractivity contribution < 1.29 is 22.7 Å².